The Labute approximate surface area is 105 Å². The van der Waals surface area contributed by atoms with Crippen LogP contribution < -0.4 is 0 Å². The molecule has 1 aromatic carbocycles. The Morgan fingerprint density at radius 3 is 2.00 bits per heavy atom. The fourth-order valence-electron chi connectivity index (χ4n) is 0.978. The molecule has 0 bridgehead atoms. The van der Waals surface area contributed by atoms with Crippen molar-refractivity contribution in [3.63, 3.8) is 0 Å². The van der Waals surface area contributed by atoms with E-state index in [4.69, 9.17) is 34.8 Å². The van der Waals surface area contributed by atoms with Crippen LogP contribution in [0.5, 0.6) is 0 Å². The van der Waals surface area contributed by atoms with Crippen LogP contribution in [0.25, 0.3) is 0 Å². The molecular formula is C10H4Cl3F3. The number of alkyl halides is 4. The monoisotopic (exact) mass is 286 g/mol. The molecule has 0 aliphatic rings. The Morgan fingerprint density at radius 2 is 1.62 bits per heavy atom. The fourth-order valence-corrected chi connectivity index (χ4v) is 1.63. The highest BCUT2D eigenvalue weighted by atomic mass is 35.5. The topological polar surface area (TPSA) is 0 Å². The molecule has 0 unspecified atom stereocenters. The van der Waals surface area contributed by atoms with Gasteiger partial charge in [-0.25, -0.2) is 0 Å². The highest BCUT2D eigenvalue weighted by Gasteiger charge is 2.31. The zero-order valence-electron chi connectivity index (χ0n) is 7.63. The van der Waals surface area contributed by atoms with Crippen LogP contribution in [-0.4, -0.2) is 5.88 Å². The number of halogens is 6. The maximum atomic E-state index is 12.4. The van der Waals surface area contributed by atoms with E-state index in [1.54, 1.807) is 0 Å². The molecule has 16 heavy (non-hydrogen) atoms. The van der Waals surface area contributed by atoms with E-state index >= 15 is 0 Å². The summed E-state index contributed by atoms with van der Waals surface area (Å²) in [7, 11) is 0. The summed E-state index contributed by atoms with van der Waals surface area (Å²) in [6.07, 6.45) is -4.48. The summed E-state index contributed by atoms with van der Waals surface area (Å²) in [4.78, 5) is 0. The van der Waals surface area contributed by atoms with E-state index in [1.165, 1.54) is 0 Å². The summed E-state index contributed by atoms with van der Waals surface area (Å²) in [5.74, 6) is 5.02. The van der Waals surface area contributed by atoms with Crippen LogP contribution in [-0.2, 0) is 6.18 Å². The lowest BCUT2D eigenvalue weighted by Gasteiger charge is -2.09. The third-order valence-corrected chi connectivity index (χ3v) is 2.38. The largest absolute Gasteiger partial charge is 0.416 e. The maximum absolute atomic E-state index is 12.4. The van der Waals surface area contributed by atoms with E-state index in [0.29, 0.717) is 0 Å². The summed E-state index contributed by atoms with van der Waals surface area (Å²) >= 11 is 16.6. The molecule has 0 aliphatic carbocycles. The van der Waals surface area contributed by atoms with Gasteiger partial charge in [-0.15, -0.1) is 11.6 Å². The van der Waals surface area contributed by atoms with Crippen LogP contribution in [0.4, 0.5) is 13.2 Å². The van der Waals surface area contributed by atoms with Gasteiger partial charge in [-0.05, 0) is 12.1 Å². The van der Waals surface area contributed by atoms with Gasteiger partial charge in [0.05, 0.1) is 27.1 Å². The molecule has 1 aromatic rings. The molecule has 0 spiro atoms. The third-order valence-electron chi connectivity index (χ3n) is 1.65. The van der Waals surface area contributed by atoms with Gasteiger partial charge in [0, 0.05) is 0 Å². The quantitative estimate of drug-likeness (QED) is 0.483. The summed E-state index contributed by atoms with van der Waals surface area (Å²) < 4.78 is 37.1. The van der Waals surface area contributed by atoms with Gasteiger partial charge >= 0.3 is 6.18 Å². The maximum Gasteiger partial charge on any atom is 0.416 e. The second kappa shape index (κ2) is 5.18. The van der Waals surface area contributed by atoms with Crippen LogP contribution in [0.1, 0.15) is 11.1 Å². The number of rotatable bonds is 0. The second-order valence-electron chi connectivity index (χ2n) is 2.75. The molecule has 0 atom stereocenters. The molecule has 0 fully saturated rings. The van der Waals surface area contributed by atoms with E-state index < -0.39 is 11.7 Å². The number of benzene rings is 1. The Bertz CT molecular complexity index is 432. The van der Waals surface area contributed by atoms with Gasteiger partial charge in [0.1, 0.15) is 0 Å². The fraction of sp³-hybridized carbons (Fsp3) is 0.200. The van der Waals surface area contributed by atoms with Gasteiger partial charge in [-0.1, -0.05) is 35.0 Å². The highest BCUT2D eigenvalue weighted by molar-refractivity contribution is 6.36. The summed E-state index contributed by atoms with van der Waals surface area (Å²) in [5.41, 5.74) is -0.754. The van der Waals surface area contributed by atoms with Crippen molar-refractivity contribution in [2.75, 3.05) is 5.88 Å². The first kappa shape index (κ1) is 13.5. The van der Waals surface area contributed by atoms with Crippen molar-refractivity contribution in [2.24, 2.45) is 0 Å². The molecule has 0 amide bonds. The average Bonchev–Trinajstić information content (AvgIpc) is 2.15. The van der Waals surface area contributed by atoms with Gasteiger partial charge in [0.15, 0.2) is 0 Å². The van der Waals surface area contributed by atoms with Crippen molar-refractivity contribution in [1.82, 2.24) is 0 Å². The van der Waals surface area contributed by atoms with Crippen molar-refractivity contribution in [3.8, 4) is 11.8 Å². The van der Waals surface area contributed by atoms with Crippen LogP contribution in [0.3, 0.4) is 0 Å². The average molecular weight is 287 g/mol. The van der Waals surface area contributed by atoms with Gasteiger partial charge in [0.2, 0.25) is 0 Å². The predicted octanol–water partition coefficient (Wildman–Crippen LogP) is 4.60. The molecule has 0 heterocycles. The van der Waals surface area contributed by atoms with Crippen molar-refractivity contribution < 1.29 is 13.2 Å². The van der Waals surface area contributed by atoms with Crippen molar-refractivity contribution in [3.05, 3.63) is 33.3 Å². The molecule has 0 nitrogen and oxygen atoms in total. The lowest BCUT2D eigenvalue weighted by Crippen LogP contribution is -2.05. The predicted molar refractivity (Wildman–Crippen MR) is 59.1 cm³/mol. The summed E-state index contributed by atoms with van der Waals surface area (Å²) in [6, 6.07) is 1.57. The van der Waals surface area contributed by atoms with Crippen LogP contribution in [0.2, 0.25) is 10.0 Å². The molecule has 1 rings (SSSR count). The Balaban J connectivity index is 3.28. The Kier molecular flexibility index (Phi) is 4.37. The Hall–Kier alpha value is -0.560. The first-order chi connectivity index (χ1) is 7.36. The second-order valence-corrected chi connectivity index (χ2v) is 3.83. The van der Waals surface area contributed by atoms with E-state index in [1.807, 2.05) is 0 Å². The van der Waals surface area contributed by atoms with Gasteiger partial charge in [-0.2, -0.15) is 13.2 Å². The lowest BCUT2D eigenvalue weighted by molar-refractivity contribution is -0.137. The molecular weight excluding hydrogens is 283 g/mol. The first-order valence-corrected chi connectivity index (χ1v) is 5.26. The standard InChI is InChI=1S/C10H4Cl3F3/c11-3-1-2-7-8(12)4-6(5-9(7)13)10(14,15)16/h4-5H,3H2. The normalized spacial score (nSPS) is 10.9. The lowest BCUT2D eigenvalue weighted by atomic mass is 10.1. The summed E-state index contributed by atoms with van der Waals surface area (Å²) in [5, 5.41) is -0.283. The smallest absolute Gasteiger partial charge is 0.166 e. The minimum atomic E-state index is -4.48. The third kappa shape index (κ3) is 3.21. The molecule has 0 aliphatic heterocycles. The minimum absolute atomic E-state index is 0.0493. The highest BCUT2D eigenvalue weighted by Crippen LogP contribution is 2.35. The van der Waals surface area contributed by atoms with Gasteiger partial charge < -0.3 is 0 Å². The molecule has 0 saturated heterocycles. The molecule has 0 aromatic heterocycles. The van der Waals surface area contributed by atoms with Crippen LogP contribution in [0.15, 0.2) is 12.1 Å². The molecule has 86 valence electrons. The van der Waals surface area contributed by atoms with Crippen LogP contribution in [0, 0.1) is 11.8 Å². The number of hydrogen-bond acceptors (Lipinski definition) is 0. The number of hydrogen-bond donors (Lipinski definition) is 0. The first-order valence-electron chi connectivity index (χ1n) is 3.97. The van der Waals surface area contributed by atoms with E-state index in [0.717, 1.165) is 12.1 Å². The zero-order valence-corrected chi connectivity index (χ0v) is 9.90. The van der Waals surface area contributed by atoms with E-state index in [2.05, 4.69) is 11.8 Å². The molecule has 6 heteroatoms. The van der Waals surface area contributed by atoms with Gasteiger partial charge in [-0.3, -0.25) is 0 Å². The SMILES string of the molecule is FC(F)(F)c1cc(Cl)c(C#CCCl)c(Cl)c1. The van der Waals surface area contributed by atoms with E-state index in [9.17, 15) is 13.2 Å². The molecule has 0 N–H and O–H groups in total. The Morgan fingerprint density at radius 1 is 1.12 bits per heavy atom. The zero-order chi connectivity index (χ0) is 12.3. The summed E-state index contributed by atoms with van der Waals surface area (Å²) in [6.45, 7) is 0. The van der Waals surface area contributed by atoms with Crippen molar-refractivity contribution >= 4 is 34.8 Å². The molecule has 0 saturated carbocycles. The van der Waals surface area contributed by atoms with Crippen molar-refractivity contribution in [1.29, 1.82) is 0 Å². The van der Waals surface area contributed by atoms with Crippen molar-refractivity contribution in [2.45, 2.75) is 6.18 Å². The minimum Gasteiger partial charge on any atom is -0.166 e. The van der Waals surface area contributed by atoms with Crippen LogP contribution >= 0.6 is 34.8 Å². The molecule has 0 radical (unpaired) electrons. The van der Waals surface area contributed by atoms with Gasteiger partial charge in [0.25, 0.3) is 0 Å². The van der Waals surface area contributed by atoms with E-state index in [-0.39, 0.29) is 21.5 Å².